The fourth-order valence-electron chi connectivity index (χ4n) is 8.35. The molecule has 0 saturated heterocycles. The Kier molecular flexibility index (Phi) is 5.44. The molecule has 2 aliphatic carbocycles. The number of fused-ring (bicyclic) bond motifs is 9. The van der Waals surface area contributed by atoms with Gasteiger partial charge in [-0.3, -0.25) is 0 Å². The maximum absolute atomic E-state index is 2.50. The molecule has 44 heavy (non-hydrogen) atoms. The predicted molar refractivity (Wildman–Crippen MR) is 187 cm³/mol. The van der Waals surface area contributed by atoms with Crippen LogP contribution in [0.1, 0.15) is 25.0 Å². The fraction of sp³-hybridized carbons (Fsp3) is 0.116. The number of anilines is 3. The normalized spacial score (nSPS) is 19.5. The van der Waals surface area contributed by atoms with Crippen molar-refractivity contribution in [2.45, 2.75) is 13.8 Å². The Labute approximate surface area is 259 Å². The average molecular weight is 564 g/mol. The Morgan fingerprint density at radius 1 is 0.545 bits per heavy atom. The molecule has 2 atom stereocenters. The second-order valence-electron chi connectivity index (χ2n) is 12.9. The SMILES string of the molecule is CC1(C)C2=C(c3ccccc3N(c3cccc(-c4cc5ccccc5c5ccccc45)c3)c3ccccc32)C2C=CC=CC21. The summed E-state index contributed by atoms with van der Waals surface area (Å²) in [5.41, 5.74) is 11.8. The second kappa shape index (κ2) is 9.43. The van der Waals surface area contributed by atoms with Crippen molar-refractivity contribution < 1.29 is 0 Å². The van der Waals surface area contributed by atoms with Crippen molar-refractivity contribution in [3.8, 4) is 11.1 Å². The third-order valence-electron chi connectivity index (χ3n) is 10.2. The van der Waals surface area contributed by atoms with Gasteiger partial charge in [-0.25, -0.2) is 0 Å². The number of nitrogens with zero attached hydrogens (tertiary/aromatic N) is 1. The summed E-state index contributed by atoms with van der Waals surface area (Å²) in [4.78, 5) is 2.50. The Morgan fingerprint density at radius 2 is 1.20 bits per heavy atom. The van der Waals surface area contributed by atoms with Crippen LogP contribution in [0.4, 0.5) is 17.1 Å². The molecular formula is C43H33N. The van der Waals surface area contributed by atoms with Crippen LogP contribution in [-0.4, -0.2) is 0 Å². The first kappa shape index (κ1) is 25.4. The molecule has 0 radical (unpaired) electrons. The molecule has 1 aliphatic heterocycles. The first-order valence-corrected chi connectivity index (χ1v) is 15.7. The first-order chi connectivity index (χ1) is 21.6. The van der Waals surface area contributed by atoms with Crippen molar-refractivity contribution in [3.05, 3.63) is 163 Å². The van der Waals surface area contributed by atoms with Crippen molar-refractivity contribution in [1.29, 1.82) is 0 Å². The highest BCUT2D eigenvalue weighted by Gasteiger charge is 2.49. The molecule has 0 N–H and O–H groups in total. The summed E-state index contributed by atoms with van der Waals surface area (Å²) in [6, 6.07) is 47.2. The summed E-state index contributed by atoms with van der Waals surface area (Å²) in [6.07, 6.45) is 9.33. The van der Waals surface area contributed by atoms with E-state index in [9.17, 15) is 0 Å². The van der Waals surface area contributed by atoms with Crippen molar-refractivity contribution in [2.75, 3.05) is 4.90 Å². The standard InChI is InChI=1S/C43H33N/c1-43(2)38-23-10-7-20-34(38)41-35-21-8-11-24-39(35)44(40-25-12-9-22-36(40)42(41)43)30-16-13-15-28(26-30)37-27-29-14-3-4-17-31(29)32-18-5-6-19-33(32)37/h3-27,34,38H,1-2H3. The Hall–Kier alpha value is -5.14. The molecule has 6 aromatic rings. The highest BCUT2D eigenvalue weighted by atomic mass is 15.1. The van der Waals surface area contributed by atoms with E-state index < -0.39 is 0 Å². The van der Waals surface area contributed by atoms with E-state index in [0.717, 1.165) is 0 Å². The second-order valence-corrected chi connectivity index (χ2v) is 12.9. The fourth-order valence-corrected chi connectivity index (χ4v) is 8.35. The molecule has 0 fully saturated rings. The summed E-state index contributed by atoms with van der Waals surface area (Å²) in [5.74, 6) is 0.795. The van der Waals surface area contributed by atoms with Crippen LogP contribution in [0.3, 0.4) is 0 Å². The van der Waals surface area contributed by atoms with Gasteiger partial charge in [-0.2, -0.15) is 0 Å². The van der Waals surface area contributed by atoms with Gasteiger partial charge < -0.3 is 4.90 Å². The molecule has 1 heterocycles. The molecule has 0 aromatic heterocycles. The third kappa shape index (κ3) is 3.53. The number of benzene rings is 6. The van der Waals surface area contributed by atoms with Crippen LogP contribution in [-0.2, 0) is 0 Å². The van der Waals surface area contributed by atoms with E-state index in [4.69, 9.17) is 0 Å². The van der Waals surface area contributed by atoms with Crippen LogP contribution in [0.15, 0.2) is 152 Å². The lowest BCUT2D eigenvalue weighted by atomic mass is 9.71. The van der Waals surface area contributed by atoms with Gasteiger partial charge in [0.2, 0.25) is 0 Å². The number of para-hydroxylation sites is 2. The van der Waals surface area contributed by atoms with E-state index in [1.807, 2.05) is 0 Å². The summed E-state index contributed by atoms with van der Waals surface area (Å²) in [6.45, 7) is 4.88. The molecule has 210 valence electrons. The van der Waals surface area contributed by atoms with Crippen LogP contribution < -0.4 is 4.90 Å². The molecular weight excluding hydrogens is 530 g/mol. The van der Waals surface area contributed by atoms with Crippen LogP contribution in [0.5, 0.6) is 0 Å². The zero-order chi connectivity index (χ0) is 29.4. The largest absolute Gasteiger partial charge is 0.309 e. The number of hydrogen-bond acceptors (Lipinski definition) is 1. The Morgan fingerprint density at radius 3 is 2.05 bits per heavy atom. The minimum atomic E-state index is -0.00760. The highest BCUT2D eigenvalue weighted by molar-refractivity contribution is 6.14. The van der Waals surface area contributed by atoms with Gasteiger partial charge in [0, 0.05) is 22.7 Å². The van der Waals surface area contributed by atoms with E-state index in [-0.39, 0.29) is 5.41 Å². The maximum atomic E-state index is 2.50. The van der Waals surface area contributed by atoms with Crippen molar-refractivity contribution in [3.63, 3.8) is 0 Å². The number of allylic oxidation sites excluding steroid dienone is 6. The molecule has 9 rings (SSSR count). The quantitative estimate of drug-likeness (QED) is 0.189. The smallest absolute Gasteiger partial charge is 0.0537 e. The van der Waals surface area contributed by atoms with E-state index in [0.29, 0.717) is 11.8 Å². The van der Waals surface area contributed by atoms with Crippen LogP contribution in [0.2, 0.25) is 0 Å². The molecule has 0 amide bonds. The van der Waals surface area contributed by atoms with Gasteiger partial charge in [-0.1, -0.05) is 135 Å². The molecule has 1 nitrogen and oxygen atoms in total. The summed E-state index contributed by atoms with van der Waals surface area (Å²) in [7, 11) is 0. The average Bonchev–Trinajstić information content (AvgIpc) is 3.22. The Bertz CT molecular complexity index is 2230. The summed E-state index contributed by atoms with van der Waals surface area (Å²) < 4.78 is 0. The topological polar surface area (TPSA) is 3.24 Å². The summed E-state index contributed by atoms with van der Waals surface area (Å²) >= 11 is 0. The van der Waals surface area contributed by atoms with Crippen molar-refractivity contribution in [1.82, 2.24) is 0 Å². The zero-order valence-electron chi connectivity index (χ0n) is 25.0. The van der Waals surface area contributed by atoms with Gasteiger partial charge in [-0.05, 0) is 85.5 Å². The van der Waals surface area contributed by atoms with Gasteiger partial charge >= 0.3 is 0 Å². The molecule has 2 unspecified atom stereocenters. The highest BCUT2D eigenvalue weighted by Crippen LogP contribution is 2.63. The first-order valence-electron chi connectivity index (χ1n) is 15.7. The number of hydrogen-bond donors (Lipinski definition) is 0. The van der Waals surface area contributed by atoms with Crippen molar-refractivity contribution in [2.24, 2.45) is 17.3 Å². The predicted octanol–water partition coefficient (Wildman–Crippen LogP) is 11.8. The van der Waals surface area contributed by atoms with E-state index in [2.05, 4.69) is 170 Å². The molecule has 1 heteroatoms. The zero-order valence-corrected chi connectivity index (χ0v) is 25.0. The van der Waals surface area contributed by atoms with E-state index in [1.165, 1.54) is 72.0 Å². The minimum absolute atomic E-state index is 0.00760. The molecule has 0 spiro atoms. The minimum Gasteiger partial charge on any atom is -0.309 e. The van der Waals surface area contributed by atoms with Crippen molar-refractivity contribution >= 4 is 49.8 Å². The van der Waals surface area contributed by atoms with Crippen LogP contribution in [0.25, 0.3) is 43.8 Å². The molecule has 3 aliphatic rings. The Balaban J connectivity index is 1.29. The van der Waals surface area contributed by atoms with E-state index in [1.54, 1.807) is 0 Å². The van der Waals surface area contributed by atoms with Crippen LogP contribution in [0, 0.1) is 17.3 Å². The third-order valence-corrected chi connectivity index (χ3v) is 10.2. The van der Waals surface area contributed by atoms with Gasteiger partial charge in [0.15, 0.2) is 0 Å². The molecule has 0 saturated carbocycles. The number of rotatable bonds is 2. The maximum Gasteiger partial charge on any atom is 0.0537 e. The summed E-state index contributed by atoms with van der Waals surface area (Å²) in [5, 5.41) is 5.14. The van der Waals surface area contributed by atoms with Gasteiger partial charge in [0.05, 0.1) is 11.4 Å². The van der Waals surface area contributed by atoms with Crippen LogP contribution >= 0.6 is 0 Å². The van der Waals surface area contributed by atoms with Gasteiger partial charge in [-0.15, -0.1) is 0 Å². The lowest BCUT2D eigenvalue weighted by molar-refractivity contribution is 0.346. The van der Waals surface area contributed by atoms with E-state index >= 15 is 0 Å². The van der Waals surface area contributed by atoms with Gasteiger partial charge in [0.1, 0.15) is 0 Å². The lowest BCUT2D eigenvalue weighted by Crippen LogP contribution is -2.25. The molecule has 0 bridgehead atoms. The lowest BCUT2D eigenvalue weighted by Gasteiger charge is -2.35. The van der Waals surface area contributed by atoms with Gasteiger partial charge in [0.25, 0.3) is 0 Å². The molecule has 6 aromatic carbocycles. The monoisotopic (exact) mass is 563 g/mol.